The molecule has 1 rings (SSSR count). The van der Waals surface area contributed by atoms with Gasteiger partial charge in [0.1, 0.15) is 0 Å². The summed E-state index contributed by atoms with van der Waals surface area (Å²) < 4.78 is 10.1. The second kappa shape index (κ2) is 3.05. The first-order chi connectivity index (χ1) is 3.93. The van der Waals surface area contributed by atoms with E-state index in [1.807, 2.05) is 0 Å². The Balaban J connectivity index is 2.13. The monoisotopic (exact) mass is 115 g/mol. The topological polar surface area (TPSA) is 18.5 Å². The van der Waals surface area contributed by atoms with Crippen LogP contribution in [0.25, 0.3) is 0 Å². The molecule has 0 unspecified atom stereocenters. The summed E-state index contributed by atoms with van der Waals surface area (Å²) in [5.74, 6) is 0. The van der Waals surface area contributed by atoms with E-state index in [0.29, 0.717) is 0 Å². The highest BCUT2D eigenvalue weighted by Gasteiger charge is 2.11. The lowest BCUT2D eigenvalue weighted by Gasteiger charge is -2.19. The zero-order chi connectivity index (χ0) is 5.82. The second-order valence-corrected chi connectivity index (χ2v) is 1.87. The lowest BCUT2D eigenvalue weighted by atomic mass is 10.2. The van der Waals surface area contributed by atoms with E-state index in [2.05, 4.69) is 6.42 Å². The minimum atomic E-state index is 0.240. The molecule has 8 heavy (non-hydrogen) atoms. The molecule has 0 aliphatic carbocycles. The van der Waals surface area contributed by atoms with Crippen molar-refractivity contribution < 1.29 is 9.47 Å². The highest BCUT2D eigenvalue weighted by atomic mass is 16.5. The van der Waals surface area contributed by atoms with E-state index in [9.17, 15) is 0 Å². The van der Waals surface area contributed by atoms with E-state index in [4.69, 9.17) is 9.47 Å². The first-order valence-corrected chi connectivity index (χ1v) is 2.87. The fraction of sp³-hybridized carbons (Fsp3) is 0.833. The SMILES string of the molecule is CO[C@H]1[CH]CCOC1. The number of hydrogen-bond donors (Lipinski definition) is 0. The lowest BCUT2D eigenvalue weighted by molar-refractivity contribution is -0.000163. The Bertz CT molecular complexity index is 57.5. The Labute approximate surface area is 49.8 Å². The molecule has 0 N–H and O–H groups in total. The zero-order valence-electron chi connectivity index (χ0n) is 5.09. The Morgan fingerprint density at radius 3 is 3.00 bits per heavy atom. The molecule has 2 nitrogen and oxygen atoms in total. The summed E-state index contributed by atoms with van der Waals surface area (Å²) in [6, 6.07) is 0. The first kappa shape index (κ1) is 6.05. The zero-order valence-corrected chi connectivity index (χ0v) is 5.09. The van der Waals surface area contributed by atoms with Gasteiger partial charge in [-0.25, -0.2) is 0 Å². The standard InChI is InChI=1S/C6H11O2/c1-7-6-3-2-4-8-5-6/h3,6H,2,4-5H2,1H3/t6-/m0/s1. The van der Waals surface area contributed by atoms with Gasteiger partial charge in [-0.05, 0) is 12.8 Å². The molecule has 1 fully saturated rings. The van der Waals surface area contributed by atoms with Crippen LogP contribution in [0.4, 0.5) is 0 Å². The van der Waals surface area contributed by atoms with Gasteiger partial charge in [-0.15, -0.1) is 0 Å². The van der Waals surface area contributed by atoms with Gasteiger partial charge in [-0.2, -0.15) is 0 Å². The molecular weight excluding hydrogens is 104 g/mol. The Morgan fingerprint density at radius 1 is 1.75 bits per heavy atom. The van der Waals surface area contributed by atoms with Crippen LogP contribution in [0.5, 0.6) is 0 Å². The summed E-state index contributed by atoms with van der Waals surface area (Å²) in [5, 5.41) is 0. The molecule has 0 aromatic carbocycles. The number of ether oxygens (including phenoxy) is 2. The van der Waals surface area contributed by atoms with Crippen molar-refractivity contribution >= 4 is 0 Å². The maximum Gasteiger partial charge on any atom is 0.0837 e. The third-order valence-electron chi connectivity index (χ3n) is 1.28. The van der Waals surface area contributed by atoms with Crippen molar-refractivity contribution in [1.29, 1.82) is 0 Å². The fourth-order valence-corrected chi connectivity index (χ4v) is 0.769. The third kappa shape index (κ3) is 1.46. The molecule has 2 heteroatoms. The molecule has 0 aromatic rings. The number of hydrogen-bond acceptors (Lipinski definition) is 2. The number of rotatable bonds is 1. The third-order valence-corrected chi connectivity index (χ3v) is 1.28. The molecule has 0 saturated carbocycles. The normalized spacial score (nSPS) is 30.4. The molecule has 1 aliphatic rings. The van der Waals surface area contributed by atoms with Crippen LogP contribution < -0.4 is 0 Å². The second-order valence-electron chi connectivity index (χ2n) is 1.87. The van der Waals surface area contributed by atoms with E-state index in [0.717, 1.165) is 19.6 Å². The minimum absolute atomic E-state index is 0.240. The highest BCUT2D eigenvalue weighted by Crippen LogP contribution is 2.06. The Morgan fingerprint density at radius 2 is 2.62 bits per heavy atom. The molecule has 1 heterocycles. The van der Waals surface area contributed by atoms with Crippen LogP contribution in [0.2, 0.25) is 0 Å². The van der Waals surface area contributed by atoms with Crippen LogP contribution in [-0.2, 0) is 9.47 Å². The average Bonchev–Trinajstić information content (AvgIpc) is 1.90. The maximum atomic E-state index is 5.12. The van der Waals surface area contributed by atoms with Crippen molar-refractivity contribution in [3.8, 4) is 0 Å². The van der Waals surface area contributed by atoms with Crippen molar-refractivity contribution in [3.63, 3.8) is 0 Å². The van der Waals surface area contributed by atoms with Crippen molar-refractivity contribution in [2.24, 2.45) is 0 Å². The van der Waals surface area contributed by atoms with E-state index in [1.165, 1.54) is 0 Å². The van der Waals surface area contributed by atoms with Gasteiger partial charge >= 0.3 is 0 Å². The molecule has 0 bridgehead atoms. The van der Waals surface area contributed by atoms with Crippen molar-refractivity contribution in [1.82, 2.24) is 0 Å². The van der Waals surface area contributed by atoms with Gasteiger partial charge in [0.15, 0.2) is 0 Å². The van der Waals surface area contributed by atoms with Gasteiger partial charge < -0.3 is 9.47 Å². The summed E-state index contributed by atoms with van der Waals surface area (Å²) in [7, 11) is 1.70. The van der Waals surface area contributed by atoms with Crippen LogP contribution >= 0.6 is 0 Å². The van der Waals surface area contributed by atoms with E-state index in [-0.39, 0.29) is 6.10 Å². The molecule has 1 saturated heterocycles. The van der Waals surface area contributed by atoms with Gasteiger partial charge in [0.05, 0.1) is 12.7 Å². The summed E-state index contributed by atoms with van der Waals surface area (Å²) >= 11 is 0. The van der Waals surface area contributed by atoms with Gasteiger partial charge in [0, 0.05) is 13.7 Å². The van der Waals surface area contributed by atoms with Crippen LogP contribution in [0.3, 0.4) is 0 Å². The quantitative estimate of drug-likeness (QED) is 0.499. The van der Waals surface area contributed by atoms with E-state index in [1.54, 1.807) is 7.11 Å². The predicted octanol–water partition coefficient (Wildman–Crippen LogP) is 0.626. The van der Waals surface area contributed by atoms with Crippen molar-refractivity contribution in [2.75, 3.05) is 20.3 Å². The summed E-state index contributed by atoms with van der Waals surface area (Å²) in [6.07, 6.45) is 3.41. The van der Waals surface area contributed by atoms with Crippen LogP contribution in [0.1, 0.15) is 6.42 Å². The van der Waals surface area contributed by atoms with E-state index < -0.39 is 0 Å². The number of methoxy groups -OCH3 is 1. The lowest BCUT2D eigenvalue weighted by Crippen LogP contribution is -2.24. The molecule has 0 amide bonds. The summed E-state index contributed by atoms with van der Waals surface area (Å²) in [4.78, 5) is 0. The molecule has 47 valence electrons. The molecule has 1 atom stereocenters. The van der Waals surface area contributed by atoms with Crippen molar-refractivity contribution in [2.45, 2.75) is 12.5 Å². The van der Waals surface area contributed by atoms with Crippen LogP contribution in [0.15, 0.2) is 0 Å². The molecular formula is C6H11O2. The first-order valence-electron chi connectivity index (χ1n) is 2.87. The fourth-order valence-electron chi connectivity index (χ4n) is 0.769. The van der Waals surface area contributed by atoms with Gasteiger partial charge in [0.25, 0.3) is 0 Å². The van der Waals surface area contributed by atoms with Crippen LogP contribution in [0, 0.1) is 6.42 Å². The molecule has 0 aromatic heterocycles. The molecule has 1 radical (unpaired) electrons. The molecule has 0 spiro atoms. The Kier molecular flexibility index (Phi) is 2.30. The average molecular weight is 115 g/mol. The largest absolute Gasteiger partial charge is 0.379 e. The summed E-state index contributed by atoms with van der Waals surface area (Å²) in [5.41, 5.74) is 0. The minimum Gasteiger partial charge on any atom is -0.379 e. The van der Waals surface area contributed by atoms with Crippen LogP contribution in [-0.4, -0.2) is 26.4 Å². The van der Waals surface area contributed by atoms with Gasteiger partial charge in [-0.1, -0.05) is 0 Å². The molecule has 1 aliphatic heterocycles. The predicted molar refractivity (Wildman–Crippen MR) is 30.5 cm³/mol. The summed E-state index contributed by atoms with van der Waals surface area (Å²) in [6.45, 7) is 1.59. The maximum absolute atomic E-state index is 5.12. The smallest absolute Gasteiger partial charge is 0.0837 e. The van der Waals surface area contributed by atoms with Crippen molar-refractivity contribution in [3.05, 3.63) is 6.42 Å². The highest BCUT2D eigenvalue weighted by molar-refractivity contribution is 4.79. The Hall–Kier alpha value is -0.0800. The van der Waals surface area contributed by atoms with E-state index >= 15 is 0 Å². The van der Waals surface area contributed by atoms with Gasteiger partial charge in [0.2, 0.25) is 0 Å². The van der Waals surface area contributed by atoms with Gasteiger partial charge in [-0.3, -0.25) is 0 Å².